The molecule has 0 spiro atoms. The topological polar surface area (TPSA) is 23.5 Å². The third kappa shape index (κ3) is 3.63. The molecule has 2 atom stereocenters. The number of benzene rings is 2. The Balaban J connectivity index is 1.72. The molecule has 122 valence electrons. The number of thioether (sulfide) groups is 1. The lowest BCUT2D eigenvalue weighted by Gasteiger charge is -2.43. The van der Waals surface area contributed by atoms with Crippen LogP contribution in [0.2, 0.25) is 0 Å². The summed E-state index contributed by atoms with van der Waals surface area (Å²) in [4.78, 5) is 3.67. The normalized spacial score (nSPS) is 25.4. The average molecular weight is 327 g/mol. The molecule has 0 aromatic heterocycles. The quantitative estimate of drug-likeness (QED) is 0.854. The Labute approximate surface area is 143 Å². The van der Waals surface area contributed by atoms with Crippen molar-refractivity contribution in [2.75, 3.05) is 19.3 Å². The molecule has 3 heteroatoms. The van der Waals surface area contributed by atoms with E-state index in [0.717, 1.165) is 31.6 Å². The van der Waals surface area contributed by atoms with Crippen LogP contribution in [0.25, 0.3) is 0 Å². The number of likely N-dealkylation sites (tertiary alicyclic amines) is 1. The molecule has 3 rings (SSSR count). The van der Waals surface area contributed by atoms with Crippen LogP contribution < -0.4 is 0 Å². The smallest absolute Gasteiger partial charge is 0.0946 e. The molecular formula is C20H25NOS. The van der Waals surface area contributed by atoms with Crippen molar-refractivity contribution in [3.05, 3.63) is 65.7 Å². The monoisotopic (exact) mass is 327 g/mol. The fraction of sp³-hybridized carbons (Fsp3) is 0.400. The Morgan fingerprint density at radius 3 is 2.65 bits per heavy atom. The zero-order valence-corrected chi connectivity index (χ0v) is 14.7. The minimum Gasteiger partial charge on any atom is -0.385 e. The van der Waals surface area contributed by atoms with Gasteiger partial charge in [-0.25, -0.2) is 0 Å². The summed E-state index contributed by atoms with van der Waals surface area (Å²) in [5, 5.41) is 11.3. The summed E-state index contributed by atoms with van der Waals surface area (Å²) < 4.78 is 0. The molecule has 2 aromatic rings. The highest BCUT2D eigenvalue weighted by atomic mass is 32.2. The highest BCUT2D eigenvalue weighted by Gasteiger charge is 2.40. The highest BCUT2D eigenvalue weighted by molar-refractivity contribution is 7.98. The van der Waals surface area contributed by atoms with E-state index >= 15 is 0 Å². The van der Waals surface area contributed by atoms with Gasteiger partial charge in [0.2, 0.25) is 0 Å². The van der Waals surface area contributed by atoms with Crippen LogP contribution in [0.5, 0.6) is 0 Å². The average Bonchev–Trinajstić information content (AvgIpc) is 2.59. The van der Waals surface area contributed by atoms with Gasteiger partial charge in [0.25, 0.3) is 0 Å². The number of aliphatic hydroxyl groups is 1. The number of rotatable bonds is 4. The first-order valence-corrected chi connectivity index (χ1v) is 9.47. The van der Waals surface area contributed by atoms with E-state index in [4.69, 9.17) is 0 Å². The van der Waals surface area contributed by atoms with Gasteiger partial charge in [-0.15, -0.1) is 11.8 Å². The summed E-state index contributed by atoms with van der Waals surface area (Å²) in [5.41, 5.74) is 1.70. The van der Waals surface area contributed by atoms with Crippen molar-refractivity contribution < 1.29 is 5.11 Å². The summed E-state index contributed by atoms with van der Waals surface area (Å²) in [5.74, 6) is 0.220. The van der Waals surface area contributed by atoms with Gasteiger partial charge < -0.3 is 5.11 Å². The molecular weight excluding hydrogens is 302 g/mol. The third-order valence-corrected chi connectivity index (χ3v) is 5.70. The molecule has 1 fully saturated rings. The first kappa shape index (κ1) is 16.6. The lowest BCUT2D eigenvalue weighted by atomic mass is 9.77. The Kier molecular flexibility index (Phi) is 5.10. The van der Waals surface area contributed by atoms with Crippen LogP contribution in [0.3, 0.4) is 0 Å². The predicted molar refractivity (Wildman–Crippen MR) is 97.6 cm³/mol. The van der Waals surface area contributed by atoms with Crippen molar-refractivity contribution in [3.63, 3.8) is 0 Å². The van der Waals surface area contributed by atoms with Gasteiger partial charge in [-0.2, -0.15) is 0 Å². The van der Waals surface area contributed by atoms with E-state index in [0.29, 0.717) is 0 Å². The van der Waals surface area contributed by atoms with Gasteiger partial charge in [-0.3, -0.25) is 4.90 Å². The van der Waals surface area contributed by atoms with Crippen LogP contribution in [0, 0.1) is 5.92 Å². The van der Waals surface area contributed by atoms with E-state index in [1.54, 1.807) is 11.8 Å². The van der Waals surface area contributed by atoms with Crippen LogP contribution in [-0.4, -0.2) is 29.4 Å². The van der Waals surface area contributed by atoms with Crippen molar-refractivity contribution in [1.29, 1.82) is 0 Å². The maximum absolute atomic E-state index is 11.3. The summed E-state index contributed by atoms with van der Waals surface area (Å²) in [6.07, 6.45) is 2.87. The number of piperidine rings is 1. The fourth-order valence-electron chi connectivity index (χ4n) is 3.51. The Morgan fingerprint density at radius 2 is 1.96 bits per heavy atom. The second kappa shape index (κ2) is 7.08. The van der Waals surface area contributed by atoms with Gasteiger partial charge in [0.1, 0.15) is 0 Å². The van der Waals surface area contributed by atoms with Gasteiger partial charge in [0, 0.05) is 30.4 Å². The second-order valence-electron chi connectivity index (χ2n) is 6.53. The fourth-order valence-corrected chi connectivity index (χ4v) is 3.97. The molecule has 2 unspecified atom stereocenters. The van der Waals surface area contributed by atoms with E-state index in [9.17, 15) is 5.11 Å². The minimum absolute atomic E-state index is 0.220. The molecule has 1 saturated heterocycles. The molecule has 2 aromatic carbocycles. The highest BCUT2D eigenvalue weighted by Crippen LogP contribution is 2.38. The van der Waals surface area contributed by atoms with E-state index in [-0.39, 0.29) is 5.92 Å². The molecule has 1 N–H and O–H groups in total. The first-order valence-electron chi connectivity index (χ1n) is 8.25. The molecule has 2 nitrogen and oxygen atoms in total. The van der Waals surface area contributed by atoms with Gasteiger partial charge in [-0.05, 0) is 35.9 Å². The third-order valence-electron chi connectivity index (χ3n) is 4.98. The van der Waals surface area contributed by atoms with Crippen LogP contribution >= 0.6 is 11.8 Å². The number of hydrogen-bond acceptors (Lipinski definition) is 3. The van der Waals surface area contributed by atoms with Crippen molar-refractivity contribution in [3.8, 4) is 0 Å². The molecule has 0 radical (unpaired) electrons. The second-order valence-corrected chi connectivity index (χ2v) is 7.41. The van der Waals surface area contributed by atoms with Crippen molar-refractivity contribution in [2.45, 2.75) is 30.4 Å². The Hall–Kier alpha value is -1.29. The van der Waals surface area contributed by atoms with E-state index in [1.807, 2.05) is 0 Å². The number of hydrogen-bond donors (Lipinski definition) is 1. The molecule has 0 amide bonds. The van der Waals surface area contributed by atoms with E-state index < -0.39 is 5.60 Å². The summed E-state index contributed by atoms with van der Waals surface area (Å²) >= 11 is 1.73. The van der Waals surface area contributed by atoms with Crippen LogP contribution in [0.4, 0.5) is 0 Å². The Bertz CT molecular complexity index is 645. The standard InChI is InChI=1S/C20H25NOS/c1-16-14-21(15-17-7-4-3-5-8-17)12-11-20(16,22)18-9-6-10-19(13-18)23-2/h3-10,13,16,22H,11-12,14-15H2,1-2H3. The molecule has 1 heterocycles. The van der Waals surface area contributed by atoms with Gasteiger partial charge >= 0.3 is 0 Å². The minimum atomic E-state index is -0.709. The van der Waals surface area contributed by atoms with Gasteiger partial charge in [-0.1, -0.05) is 49.4 Å². The molecule has 0 aliphatic carbocycles. The van der Waals surface area contributed by atoms with Crippen molar-refractivity contribution >= 4 is 11.8 Å². The predicted octanol–water partition coefficient (Wildman–Crippen LogP) is 4.14. The maximum Gasteiger partial charge on any atom is 0.0946 e. The number of nitrogens with zero attached hydrogens (tertiary/aromatic N) is 1. The molecule has 1 aliphatic heterocycles. The zero-order chi connectivity index (χ0) is 16.3. The van der Waals surface area contributed by atoms with E-state index in [2.05, 4.69) is 72.7 Å². The SMILES string of the molecule is CSc1cccc(C2(O)CCN(Cc3ccccc3)CC2C)c1. The maximum atomic E-state index is 11.3. The zero-order valence-electron chi connectivity index (χ0n) is 13.9. The van der Waals surface area contributed by atoms with Crippen molar-refractivity contribution in [1.82, 2.24) is 4.90 Å². The molecule has 0 saturated carbocycles. The lowest BCUT2D eigenvalue weighted by Crippen LogP contribution is -2.48. The summed E-state index contributed by atoms with van der Waals surface area (Å²) in [6, 6.07) is 19.0. The first-order chi connectivity index (χ1) is 11.1. The molecule has 23 heavy (non-hydrogen) atoms. The largest absolute Gasteiger partial charge is 0.385 e. The van der Waals surface area contributed by atoms with E-state index in [1.165, 1.54) is 10.5 Å². The summed E-state index contributed by atoms with van der Waals surface area (Å²) in [7, 11) is 0. The van der Waals surface area contributed by atoms with Crippen LogP contribution in [0.1, 0.15) is 24.5 Å². The van der Waals surface area contributed by atoms with Crippen molar-refractivity contribution in [2.24, 2.45) is 5.92 Å². The van der Waals surface area contributed by atoms with Gasteiger partial charge in [0.05, 0.1) is 5.60 Å². The lowest BCUT2D eigenvalue weighted by molar-refractivity contribution is -0.0729. The van der Waals surface area contributed by atoms with Crippen LogP contribution in [-0.2, 0) is 12.1 Å². The Morgan fingerprint density at radius 1 is 1.17 bits per heavy atom. The van der Waals surface area contributed by atoms with Gasteiger partial charge in [0.15, 0.2) is 0 Å². The van der Waals surface area contributed by atoms with Crippen LogP contribution in [0.15, 0.2) is 59.5 Å². The summed E-state index contributed by atoms with van der Waals surface area (Å²) in [6.45, 7) is 4.99. The molecule has 1 aliphatic rings. The molecule has 0 bridgehead atoms.